The summed E-state index contributed by atoms with van der Waals surface area (Å²) in [4.78, 5) is 33.9. The summed E-state index contributed by atoms with van der Waals surface area (Å²) in [5.74, 6) is -1.80. The number of ether oxygens (including phenoxy) is 1. The Morgan fingerprint density at radius 2 is 1.93 bits per heavy atom. The van der Waals surface area contributed by atoms with Crippen LogP contribution in [-0.4, -0.2) is 37.2 Å². The number of allylic oxidation sites excluding steroid dienone is 1. The molecule has 0 unspecified atom stereocenters. The standard InChI is InChI=1S/C10H13NO4/c1-7(2)8(5-11(3)6-12)9(13)10(14)15-4/h5-6H,1H2,2-4H3. The molecule has 0 aliphatic heterocycles. The molecule has 0 aromatic carbocycles. The van der Waals surface area contributed by atoms with Gasteiger partial charge < -0.3 is 9.64 Å². The summed E-state index contributed by atoms with van der Waals surface area (Å²) in [7, 11) is 2.56. The number of hydrogen-bond donors (Lipinski definition) is 0. The van der Waals surface area contributed by atoms with Crippen LogP contribution in [0.15, 0.2) is 23.9 Å². The molecule has 0 aliphatic carbocycles. The van der Waals surface area contributed by atoms with Crippen molar-refractivity contribution >= 4 is 18.2 Å². The van der Waals surface area contributed by atoms with Crippen LogP contribution in [0.25, 0.3) is 0 Å². The van der Waals surface area contributed by atoms with Crippen molar-refractivity contribution in [2.75, 3.05) is 14.2 Å². The van der Waals surface area contributed by atoms with E-state index in [9.17, 15) is 14.4 Å². The van der Waals surface area contributed by atoms with E-state index in [1.807, 2.05) is 0 Å². The molecule has 5 heteroatoms. The van der Waals surface area contributed by atoms with Gasteiger partial charge in [0.2, 0.25) is 6.41 Å². The third kappa shape index (κ3) is 3.76. The van der Waals surface area contributed by atoms with E-state index in [-0.39, 0.29) is 5.57 Å². The SMILES string of the molecule is C=C(C)C(=CN(C)C=O)C(=O)C(=O)OC. The summed E-state index contributed by atoms with van der Waals surface area (Å²) in [6, 6.07) is 0. The van der Waals surface area contributed by atoms with Gasteiger partial charge in [0.05, 0.1) is 7.11 Å². The number of ketones is 1. The fourth-order valence-electron chi connectivity index (χ4n) is 0.799. The van der Waals surface area contributed by atoms with Crippen LogP contribution in [0.4, 0.5) is 0 Å². The maximum atomic E-state index is 11.4. The Labute approximate surface area is 88.0 Å². The first kappa shape index (κ1) is 13.1. The molecule has 0 heterocycles. The predicted molar refractivity (Wildman–Crippen MR) is 53.7 cm³/mol. The van der Waals surface area contributed by atoms with Gasteiger partial charge in [0.1, 0.15) is 0 Å². The quantitative estimate of drug-likeness (QED) is 0.215. The first-order chi connectivity index (χ1) is 6.93. The minimum Gasteiger partial charge on any atom is -0.463 e. The maximum absolute atomic E-state index is 11.4. The molecule has 0 bridgehead atoms. The van der Waals surface area contributed by atoms with Crippen LogP contribution >= 0.6 is 0 Å². The van der Waals surface area contributed by atoms with Crippen molar-refractivity contribution < 1.29 is 19.1 Å². The predicted octanol–water partition coefficient (Wildman–Crippen LogP) is 0.277. The molecule has 0 rings (SSSR count). The monoisotopic (exact) mass is 211 g/mol. The van der Waals surface area contributed by atoms with E-state index in [4.69, 9.17) is 0 Å². The van der Waals surface area contributed by atoms with Gasteiger partial charge in [0.25, 0.3) is 5.78 Å². The lowest BCUT2D eigenvalue weighted by molar-refractivity contribution is -0.149. The molecule has 0 saturated heterocycles. The summed E-state index contributed by atoms with van der Waals surface area (Å²) in [6.07, 6.45) is 1.74. The number of rotatable bonds is 5. The second-order valence-corrected chi connectivity index (χ2v) is 2.91. The fraction of sp³-hybridized carbons (Fsp3) is 0.300. The van der Waals surface area contributed by atoms with Gasteiger partial charge >= 0.3 is 5.97 Å². The Balaban J connectivity index is 5.07. The summed E-state index contributed by atoms with van der Waals surface area (Å²) in [5, 5.41) is 0. The van der Waals surface area contributed by atoms with Crippen LogP contribution in [0, 0.1) is 0 Å². The number of hydrogen-bond acceptors (Lipinski definition) is 4. The van der Waals surface area contributed by atoms with Gasteiger partial charge in [-0.1, -0.05) is 6.58 Å². The van der Waals surface area contributed by atoms with Crippen LogP contribution in [-0.2, 0) is 19.1 Å². The van der Waals surface area contributed by atoms with E-state index < -0.39 is 11.8 Å². The number of carbonyl (C=O) groups is 3. The first-order valence-corrected chi connectivity index (χ1v) is 4.11. The zero-order valence-corrected chi connectivity index (χ0v) is 8.94. The highest BCUT2D eigenvalue weighted by atomic mass is 16.5. The average Bonchev–Trinajstić information content (AvgIpc) is 2.22. The molecule has 0 aromatic heterocycles. The minimum atomic E-state index is -0.983. The number of nitrogens with zero attached hydrogens (tertiary/aromatic N) is 1. The zero-order valence-electron chi connectivity index (χ0n) is 8.94. The van der Waals surface area contributed by atoms with Gasteiger partial charge in [0.15, 0.2) is 0 Å². The molecule has 5 nitrogen and oxygen atoms in total. The lowest BCUT2D eigenvalue weighted by Gasteiger charge is -2.08. The van der Waals surface area contributed by atoms with Crippen molar-refractivity contribution in [1.82, 2.24) is 4.90 Å². The number of Topliss-reactive ketones (excluding diaryl/α,β-unsaturated/α-hetero) is 1. The molecule has 0 fully saturated rings. The number of esters is 1. The molecule has 0 N–H and O–H groups in total. The summed E-state index contributed by atoms with van der Waals surface area (Å²) < 4.78 is 4.28. The van der Waals surface area contributed by atoms with Crippen LogP contribution in [0.3, 0.4) is 0 Å². The Hall–Kier alpha value is -1.91. The first-order valence-electron chi connectivity index (χ1n) is 4.11. The van der Waals surface area contributed by atoms with Crippen molar-refractivity contribution in [2.24, 2.45) is 0 Å². The number of amides is 1. The highest BCUT2D eigenvalue weighted by Gasteiger charge is 2.20. The normalized spacial score (nSPS) is 10.5. The lowest BCUT2D eigenvalue weighted by atomic mass is 10.1. The highest BCUT2D eigenvalue weighted by molar-refractivity contribution is 6.41. The topological polar surface area (TPSA) is 63.7 Å². The number of carbonyl (C=O) groups excluding carboxylic acids is 3. The molecule has 0 radical (unpaired) electrons. The lowest BCUT2D eigenvalue weighted by Crippen LogP contribution is -2.20. The van der Waals surface area contributed by atoms with E-state index in [0.717, 1.165) is 12.0 Å². The van der Waals surface area contributed by atoms with E-state index in [2.05, 4.69) is 11.3 Å². The summed E-state index contributed by atoms with van der Waals surface area (Å²) in [5.41, 5.74) is 0.440. The molecule has 15 heavy (non-hydrogen) atoms. The third-order valence-corrected chi connectivity index (χ3v) is 1.57. The van der Waals surface area contributed by atoms with E-state index in [0.29, 0.717) is 12.0 Å². The minimum absolute atomic E-state index is 0.0523. The molecular weight excluding hydrogens is 198 g/mol. The second kappa shape index (κ2) is 5.74. The second-order valence-electron chi connectivity index (χ2n) is 2.91. The molecule has 0 atom stereocenters. The van der Waals surface area contributed by atoms with Gasteiger partial charge in [-0.3, -0.25) is 9.59 Å². The molecule has 0 saturated carbocycles. The van der Waals surface area contributed by atoms with Crippen LogP contribution in [0.1, 0.15) is 6.92 Å². The van der Waals surface area contributed by atoms with E-state index >= 15 is 0 Å². The molecule has 82 valence electrons. The molecule has 0 aromatic rings. The third-order valence-electron chi connectivity index (χ3n) is 1.57. The van der Waals surface area contributed by atoms with Crippen molar-refractivity contribution in [3.63, 3.8) is 0 Å². The van der Waals surface area contributed by atoms with Crippen molar-refractivity contribution in [2.45, 2.75) is 6.92 Å². The van der Waals surface area contributed by atoms with Crippen LogP contribution in [0.2, 0.25) is 0 Å². The Kier molecular flexibility index (Phi) is 5.01. The van der Waals surface area contributed by atoms with Crippen molar-refractivity contribution in [1.29, 1.82) is 0 Å². The Morgan fingerprint density at radius 1 is 1.40 bits per heavy atom. The zero-order chi connectivity index (χ0) is 12.0. The highest BCUT2D eigenvalue weighted by Crippen LogP contribution is 2.09. The fourth-order valence-corrected chi connectivity index (χ4v) is 0.799. The summed E-state index contributed by atoms with van der Waals surface area (Å²) >= 11 is 0. The molecule has 0 spiro atoms. The van der Waals surface area contributed by atoms with Crippen LogP contribution < -0.4 is 0 Å². The van der Waals surface area contributed by atoms with Gasteiger partial charge in [-0.25, -0.2) is 4.79 Å². The van der Waals surface area contributed by atoms with Gasteiger partial charge in [0, 0.05) is 18.8 Å². The Morgan fingerprint density at radius 3 is 2.27 bits per heavy atom. The smallest absolute Gasteiger partial charge is 0.379 e. The van der Waals surface area contributed by atoms with Crippen molar-refractivity contribution in [3.8, 4) is 0 Å². The summed E-state index contributed by atoms with van der Waals surface area (Å²) in [6.45, 7) is 5.10. The van der Waals surface area contributed by atoms with Gasteiger partial charge in [-0.05, 0) is 12.5 Å². The maximum Gasteiger partial charge on any atom is 0.379 e. The molecule has 0 aliphatic rings. The molecule has 1 amide bonds. The van der Waals surface area contributed by atoms with Gasteiger partial charge in [-0.2, -0.15) is 0 Å². The Bertz CT molecular complexity index is 330. The molecular formula is C10H13NO4. The average molecular weight is 211 g/mol. The van der Waals surface area contributed by atoms with E-state index in [1.165, 1.54) is 13.2 Å². The largest absolute Gasteiger partial charge is 0.463 e. The number of methoxy groups -OCH3 is 1. The van der Waals surface area contributed by atoms with E-state index in [1.54, 1.807) is 6.92 Å². The van der Waals surface area contributed by atoms with Crippen molar-refractivity contribution in [3.05, 3.63) is 23.9 Å². The van der Waals surface area contributed by atoms with Gasteiger partial charge in [-0.15, -0.1) is 0 Å². The van der Waals surface area contributed by atoms with Crippen LogP contribution in [0.5, 0.6) is 0 Å².